The monoisotopic (exact) mass is 260 g/mol. The summed E-state index contributed by atoms with van der Waals surface area (Å²) in [5.41, 5.74) is 5.64. The first-order valence-corrected chi connectivity index (χ1v) is 6.74. The van der Waals surface area contributed by atoms with Crippen LogP contribution < -0.4 is 5.73 Å². The molecule has 0 bridgehead atoms. The number of thiocarbonyl (C=S) groups is 1. The van der Waals surface area contributed by atoms with Gasteiger partial charge in [0.15, 0.2) is 0 Å². The summed E-state index contributed by atoms with van der Waals surface area (Å²) in [6, 6.07) is 0.641. The molecule has 1 aliphatic carbocycles. The van der Waals surface area contributed by atoms with Crippen molar-refractivity contribution in [3.05, 3.63) is 0 Å². The third-order valence-corrected chi connectivity index (χ3v) is 3.28. The van der Waals surface area contributed by atoms with E-state index in [0.29, 0.717) is 30.8 Å². The largest absolute Gasteiger partial charge is 0.392 e. The van der Waals surface area contributed by atoms with E-state index in [9.17, 15) is 0 Å². The predicted molar refractivity (Wildman–Crippen MR) is 73.3 cm³/mol. The molecule has 0 aliphatic heterocycles. The molecule has 4 nitrogen and oxygen atoms in total. The van der Waals surface area contributed by atoms with Crippen LogP contribution in [0.3, 0.4) is 0 Å². The summed E-state index contributed by atoms with van der Waals surface area (Å²) in [6.45, 7) is 3.66. The smallest absolute Gasteiger partial charge is 0.0870 e. The Bertz CT molecular complexity index is 221. The van der Waals surface area contributed by atoms with E-state index in [0.717, 1.165) is 13.2 Å². The summed E-state index contributed by atoms with van der Waals surface area (Å²) in [6.07, 6.45) is 5.17. The lowest BCUT2D eigenvalue weighted by molar-refractivity contribution is 0.0532. The molecule has 0 saturated heterocycles. The van der Waals surface area contributed by atoms with Gasteiger partial charge in [0, 0.05) is 26.2 Å². The molecule has 0 heterocycles. The third-order valence-electron chi connectivity index (χ3n) is 3.15. The van der Waals surface area contributed by atoms with E-state index in [1.807, 2.05) is 0 Å². The summed E-state index contributed by atoms with van der Waals surface area (Å²) in [5.74, 6) is 0. The average molecular weight is 260 g/mol. The van der Waals surface area contributed by atoms with Gasteiger partial charge in [-0.1, -0.05) is 25.1 Å². The molecule has 0 aromatic carbocycles. The molecule has 1 aliphatic rings. The van der Waals surface area contributed by atoms with Gasteiger partial charge in [0.05, 0.1) is 24.8 Å². The quantitative estimate of drug-likeness (QED) is 0.498. The number of rotatable bonds is 9. The Morgan fingerprint density at radius 2 is 2.00 bits per heavy atom. The van der Waals surface area contributed by atoms with Crippen LogP contribution in [0.5, 0.6) is 0 Å². The Kier molecular flexibility index (Phi) is 7.68. The minimum atomic E-state index is 0.578. The zero-order chi connectivity index (χ0) is 12.5. The van der Waals surface area contributed by atoms with Crippen LogP contribution in [0.15, 0.2) is 0 Å². The minimum Gasteiger partial charge on any atom is -0.392 e. The van der Waals surface area contributed by atoms with Gasteiger partial charge in [-0.05, 0) is 12.8 Å². The van der Waals surface area contributed by atoms with Crippen LogP contribution in [-0.4, -0.2) is 56.0 Å². The van der Waals surface area contributed by atoms with Gasteiger partial charge in [0.25, 0.3) is 0 Å². The van der Waals surface area contributed by atoms with Gasteiger partial charge in [0.1, 0.15) is 0 Å². The van der Waals surface area contributed by atoms with Crippen molar-refractivity contribution in [2.24, 2.45) is 5.73 Å². The zero-order valence-corrected chi connectivity index (χ0v) is 11.5. The third kappa shape index (κ3) is 6.31. The molecular weight excluding hydrogens is 236 g/mol. The molecule has 1 saturated carbocycles. The molecule has 0 amide bonds. The highest BCUT2D eigenvalue weighted by Crippen LogP contribution is 2.23. The summed E-state index contributed by atoms with van der Waals surface area (Å²) in [5, 5.41) is 0. The van der Waals surface area contributed by atoms with Crippen LogP contribution in [0, 0.1) is 0 Å². The van der Waals surface area contributed by atoms with Crippen molar-refractivity contribution in [1.82, 2.24) is 4.90 Å². The molecule has 1 rings (SSSR count). The van der Waals surface area contributed by atoms with Crippen LogP contribution in [0.2, 0.25) is 0 Å². The highest BCUT2D eigenvalue weighted by atomic mass is 32.1. The first kappa shape index (κ1) is 14.8. The van der Waals surface area contributed by atoms with Crippen LogP contribution in [0.4, 0.5) is 0 Å². The highest BCUT2D eigenvalue weighted by Gasteiger charge is 2.22. The van der Waals surface area contributed by atoms with Crippen LogP contribution in [-0.2, 0) is 9.47 Å². The Labute approximate surface area is 109 Å². The number of nitrogens with two attached hydrogens (primary N) is 1. The summed E-state index contributed by atoms with van der Waals surface area (Å²) >= 11 is 5.00. The molecule has 0 spiro atoms. The van der Waals surface area contributed by atoms with Crippen LogP contribution >= 0.6 is 12.2 Å². The van der Waals surface area contributed by atoms with Crippen molar-refractivity contribution >= 4 is 17.2 Å². The highest BCUT2D eigenvalue weighted by molar-refractivity contribution is 7.80. The Balaban J connectivity index is 2.22. The van der Waals surface area contributed by atoms with Gasteiger partial charge in [0.2, 0.25) is 0 Å². The van der Waals surface area contributed by atoms with Gasteiger partial charge in [-0.15, -0.1) is 0 Å². The second-order valence-corrected chi connectivity index (χ2v) is 5.00. The van der Waals surface area contributed by atoms with E-state index < -0.39 is 0 Å². The lowest BCUT2D eigenvalue weighted by Gasteiger charge is -2.28. The maximum atomic E-state index is 5.64. The molecule has 0 aromatic heterocycles. The molecule has 2 N–H and O–H groups in total. The van der Waals surface area contributed by atoms with E-state index in [-0.39, 0.29) is 0 Å². The molecule has 100 valence electrons. The molecule has 0 radical (unpaired) electrons. The van der Waals surface area contributed by atoms with Crippen molar-refractivity contribution in [3.8, 4) is 0 Å². The summed E-state index contributed by atoms with van der Waals surface area (Å²) in [4.78, 5) is 2.94. The van der Waals surface area contributed by atoms with Crippen molar-refractivity contribution in [2.75, 3.05) is 40.0 Å². The molecular formula is C12H24N2O2S. The van der Waals surface area contributed by atoms with Gasteiger partial charge in [-0.2, -0.15) is 0 Å². The number of nitrogens with zero attached hydrogens (tertiary/aromatic N) is 1. The number of methoxy groups -OCH3 is 1. The molecule has 1 fully saturated rings. The van der Waals surface area contributed by atoms with E-state index in [4.69, 9.17) is 27.4 Å². The van der Waals surface area contributed by atoms with Crippen molar-refractivity contribution < 1.29 is 9.47 Å². The fourth-order valence-corrected chi connectivity index (χ4v) is 2.45. The number of hydrogen-bond acceptors (Lipinski definition) is 4. The fraction of sp³-hybridized carbons (Fsp3) is 0.917. The van der Waals surface area contributed by atoms with Gasteiger partial charge in [-0.3, -0.25) is 4.90 Å². The Morgan fingerprint density at radius 1 is 1.29 bits per heavy atom. The van der Waals surface area contributed by atoms with E-state index >= 15 is 0 Å². The lowest BCUT2D eigenvalue weighted by Crippen LogP contribution is -2.41. The van der Waals surface area contributed by atoms with Crippen molar-refractivity contribution in [3.63, 3.8) is 0 Å². The van der Waals surface area contributed by atoms with E-state index in [1.54, 1.807) is 7.11 Å². The SMILES string of the molecule is COCCOCCN(CC(N)=S)C1CCCC1. The molecule has 0 atom stereocenters. The topological polar surface area (TPSA) is 47.7 Å². The normalized spacial score (nSPS) is 16.8. The molecule has 5 heteroatoms. The molecule has 0 aromatic rings. The van der Waals surface area contributed by atoms with E-state index in [2.05, 4.69) is 4.90 Å². The second-order valence-electron chi connectivity index (χ2n) is 4.48. The van der Waals surface area contributed by atoms with Crippen LogP contribution in [0.1, 0.15) is 25.7 Å². The van der Waals surface area contributed by atoms with Gasteiger partial charge in [-0.25, -0.2) is 0 Å². The predicted octanol–water partition coefficient (Wildman–Crippen LogP) is 1.18. The fourth-order valence-electron chi connectivity index (χ4n) is 2.29. The summed E-state index contributed by atoms with van der Waals surface area (Å²) in [7, 11) is 1.68. The maximum Gasteiger partial charge on any atom is 0.0870 e. The number of ether oxygens (including phenoxy) is 2. The maximum absolute atomic E-state index is 5.64. The van der Waals surface area contributed by atoms with Crippen LogP contribution in [0.25, 0.3) is 0 Å². The number of hydrogen-bond donors (Lipinski definition) is 1. The molecule has 0 unspecified atom stereocenters. The molecule has 17 heavy (non-hydrogen) atoms. The van der Waals surface area contributed by atoms with Crippen molar-refractivity contribution in [2.45, 2.75) is 31.7 Å². The van der Waals surface area contributed by atoms with Gasteiger partial charge >= 0.3 is 0 Å². The second kappa shape index (κ2) is 8.80. The minimum absolute atomic E-state index is 0.578. The average Bonchev–Trinajstić information content (AvgIpc) is 2.80. The van der Waals surface area contributed by atoms with Crippen molar-refractivity contribution in [1.29, 1.82) is 0 Å². The first-order valence-electron chi connectivity index (χ1n) is 6.33. The standard InChI is InChI=1S/C12H24N2O2S/c1-15-8-9-16-7-6-14(10-12(13)17)11-4-2-3-5-11/h11H,2-10H2,1H3,(H2,13,17). The Morgan fingerprint density at radius 3 is 2.59 bits per heavy atom. The van der Waals surface area contributed by atoms with Gasteiger partial charge < -0.3 is 15.2 Å². The first-order chi connectivity index (χ1) is 8.24. The Hall–Kier alpha value is -0.230. The summed E-state index contributed by atoms with van der Waals surface area (Å²) < 4.78 is 10.4. The lowest BCUT2D eigenvalue weighted by atomic mass is 10.2. The van der Waals surface area contributed by atoms with E-state index in [1.165, 1.54) is 25.7 Å². The zero-order valence-electron chi connectivity index (χ0n) is 10.7.